The van der Waals surface area contributed by atoms with Crippen molar-refractivity contribution in [3.05, 3.63) is 23.3 Å². The van der Waals surface area contributed by atoms with E-state index in [0.717, 1.165) is 30.1 Å². The number of hydrogen-bond acceptors (Lipinski definition) is 3. The molecular formula is C12H19N3. The monoisotopic (exact) mass is 205 g/mol. The Bertz CT molecular complexity index is 367. The van der Waals surface area contributed by atoms with Gasteiger partial charge in [-0.3, -0.25) is 0 Å². The quantitative estimate of drug-likeness (QED) is 0.820. The van der Waals surface area contributed by atoms with Crippen LogP contribution in [0, 0.1) is 6.92 Å². The summed E-state index contributed by atoms with van der Waals surface area (Å²) in [4.78, 5) is 9.18. The summed E-state index contributed by atoms with van der Waals surface area (Å²) in [6.45, 7) is 7.03. The molecule has 1 saturated carbocycles. The molecule has 0 saturated heterocycles. The standard InChI is InChI=1S/C12H19N3/c1-8(2)10-6-9(3)14-11(15-10)12(7-13)4-5-12/h6,8H,4-5,7,13H2,1-3H3. The molecule has 0 spiro atoms. The van der Waals surface area contributed by atoms with Crippen LogP contribution in [0.5, 0.6) is 0 Å². The molecule has 0 unspecified atom stereocenters. The maximum absolute atomic E-state index is 5.80. The predicted molar refractivity (Wildman–Crippen MR) is 60.8 cm³/mol. The predicted octanol–water partition coefficient (Wildman–Crippen LogP) is 1.90. The van der Waals surface area contributed by atoms with Crippen molar-refractivity contribution in [2.45, 2.75) is 44.9 Å². The molecule has 2 rings (SSSR count). The number of nitrogens with zero attached hydrogens (tertiary/aromatic N) is 2. The van der Waals surface area contributed by atoms with E-state index in [1.165, 1.54) is 0 Å². The molecule has 0 atom stereocenters. The number of aromatic nitrogens is 2. The van der Waals surface area contributed by atoms with E-state index in [2.05, 4.69) is 29.9 Å². The highest BCUT2D eigenvalue weighted by atomic mass is 14.9. The smallest absolute Gasteiger partial charge is 0.136 e. The van der Waals surface area contributed by atoms with Crippen LogP contribution in [-0.4, -0.2) is 16.5 Å². The van der Waals surface area contributed by atoms with Gasteiger partial charge in [0.05, 0.1) is 0 Å². The van der Waals surface area contributed by atoms with Crippen molar-refractivity contribution in [3.8, 4) is 0 Å². The molecule has 1 aromatic rings. The highest BCUT2D eigenvalue weighted by Crippen LogP contribution is 2.45. The zero-order valence-electron chi connectivity index (χ0n) is 9.75. The van der Waals surface area contributed by atoms with Crippen LogP contribution < -0.4 is 5.73 Å². The van der Waals surface area contributed by atoms with Gasteiger partial charge in [-0.15, -0.1) is 0 Å². The van der Waals surface area contributed by atoms with E-state index >= 15 is 0 Å². The van der Waals surface area contributed by atoms with Gasteiger partial charge in [0.15, 0.2) is 0 Å². The van der Waals surface area contributed by atoms with Gasteiger partial charge in [-0.25, -0.2) is 9.97 Å². The SMILES string of the molecule is Cc1cc(C(C)C)nc(C2(CN)CC2)n1. The fourth-order valence-corrected chi connectivity index (χ4v) is 1.80. The maximum atomic E-state index is 5.80. The molecule has 82 valence electrons. The van der Waals surface area contributed by atoms with E-state index in [-0.39, 0.29) is 5.41 Å². The van der Waals surface area contributed by atoms with Crippen molar-refractivity contribution in [1.29, 1.82) is 0 Å². The Morgan fingerprint density at radius 2 is 2.07 bits per heavy atom. The van der Waals surface area contributed by atoms with E-state index < -0.39 is 0 Å². The third kappa shape index (κ3) is 1.88. The molecule has 0 bridgehead atoms. The van der Waals surface area contributed by atoms with Gasteiger partial charge in [0, 0.05) is 23.3 Å². The topological polar surface area (TPSA) is 51.8 Å². The molecule has 0 aromatic carbocycles. The van der Waals surface area contributed by atoms with Gasteiger partial charge in [-0.1, -0.05) is 13.8 Å². The summed E-state index contributed by atoms with van der Waals surface area (Å²) in [5.74, 6) is 1.42. The first kappa shape index (κ1) is 10.6. The van der Waals surface area contributed by atoms with Crippen LogP contribution in [0.15, 0.2) is 6.07 Å². The lowest BCUT2D eigenvalue weighted by atomic mass is 10.0. The summed E-state index contributed by atoms with van der Waals surface area (Å²) in [5, 5.41) is 0. The maximum Gasteiger partial charge on any atom is 0.136 e. The first-order chi connectivity index (χ1) is 7.07. The van der Waals surface area contributed by atoms with Gasteiger partial charge in [0.1, 0.15) is 5.82 Å². The van der Waals surface area contributed by atoms with Crippen molar-refractivity contribution in [2.24, 2.45) is 5.73 Å². The van der Waals surface area contributed by atoms with E-state index in [4.69, 9.17) is 5.73 Å². The first-order valence-electron chi connectivity index (χ1n) is 5.63. The molecule has 1 fully saturated rings. The Balaban J connectivity index is 2.40. The summed E-state index contributed by atoms with van der Waals surface area (Å²) in [6, 6.07) is 2.07. The number of aryl methyl sites for hydroxylation is 1. The Hall–Kier alpha value is -0.960. The summed E-state index contributed by atoms with van der Waals surface area (Å²) in [7, 11) is 0. The van der Waals surface area contributed by atoms with Crippen LogP contribution in [0.1, 0.15) is 49.8 Å². The number of rotatable bonds is 3. The molecule has 0 amide bonds. The van der Waals surface area contributed by atoms with Gasteiger partial charge in [0.2, 0.25) is 0 Å². The molecule has 1 heterocycles. The van der Waals surface area contributed by atoms with Crippen molar-refractivity contribution in [1.82, 2.24) is 9.97 Å². The third-order valence-corrected chi connectivity index (χ3v) is 3.18. The lowest BCUT2D eigenvalue weighted by Crippen LogP contribution is -2.23. The van der Waals surface area contributed by atoms with Crippen molar-refractivity contribution >= 4 is 0 Å². The minimum absolute atomic E-state index is 0.107. The van der Waals surface area contributed by atoms with Gasteiger partial charge < -0.3 is 5.73 Å². The second-order valence-electron chi connectivity index (χ2n) is 4.90. The summed E-state index contributed by atoms with van der Waals surface area (Å²) < 4.78 is 0. The fraction of sp³-hybridized carbons (Fsp3) is 0.667. The molecule has 2 N–H and O–H groups in total. The molecular weight excluding hydrogens is 186 g/mol. The minimum Gasteiger partial charge on any atom is -0.329 e. The lowest BCUT2D eigenvalue weighted by Gasteiger charge is -2.14. The second-order valence-corrected chi connectivity index (χ2v) is 4.90. The Morgan fingerprint density at radius 3 is 2.53 bits per heavy atom. The van der Waals surface area contributed by atoms with Crippen LogP contribution in [0.3, 0.4) is 0 Å². The van der Waals surface area contributed by atoms with Crippen LogP contribution in [0.2, 0.25) is 0 Å². The average Bonchev–Trinajstić information content (AvgIpc) is 2.97. The van der Waals surface area contributed by atoms with E-state index in [9.17, 15) is 0 Å². The highest BCUT2D eigenvalue weighted by Gasteiger charge is 2.46. The third-order valence-electron chi connectivity index (χ3n) is 3.18. The molecule has 3 heteroatoms. The minimum atomic E-state index is 0.107. The van der Waals surface area contributed by atoms with Gasteiger partial charge in [-0.2, -0.15) is 0 Å². The Morgan fingerprint density at radius 1 is 1.40 bits per heavy atom. The highest BCUT2D eigenvalue weighted by molar-refractivity contribution is 5.23. The lowest BCUT2D eigenvalue weighted by molar-refractivity contribution is 0.630. The first-order valence-corrected chi connectivity index (χ1v) is 5.63. The summed E-state index contributed by atoms with van der Waals surface area (Å²) in [5.41, 5.74) is 8.10. The van der Waals surface area contributed by atoms with E-state index in [1.807, 2.05) is 6.92 Å². The van der Waals surface area contributed by atoms with Gasteiger partial charge >= 0.3 is 0 Å². The largest absolute Gasteiger partial charge is 0.329 e. The Labute approximate surface area is 91.1 Å². The summed E-state index contributed by atoms with van der Waals surface area (Å²) >= 11 is 0. The zero-order chi connectivity index (χ0) is 11.1. The zero-order valence-corrected chi connectivity index (χ0v) is 9.75. The van der Waals surface area contributed by atoms with Gasteiger partial charge in [-0.05, 0) is 31.7 Å². The van der Waals surface area contributed by atoms with Gasteiger partial charge in [0.25, 0.3) is 0 Å². The van der Waals surface area contributed by atoms with Crippen LogP contribution in [0.25, 0.3) is 0 Å². The van der Waals surface area contributed by atoms with E-state index in [0.29, 0.717) is 12.5 Å². The Kier molecular flexibility index (Phi) is 2.51. The number of hydrogen-bond donors (Lipinski definition) is 1. The molecule has 15 heavy (non-hydrogen) atoms. The summed E-state index contributed by atoms with van der Waals surface area (Å²) in [6.07, 6.45) is 2.29. The van der Waals surface area contributed by atoms with Crippen LogP contribution in [0.4, 0.5) is 0 Å². The van der Waals surface area contributed by atoms with Crippen LogP contribution >= 0.6 is 0 Å². The van der Waals surface area contributed by atoms with Crippen molar-refractivity contribution in [2.75, 3.05) is 6.54 Å². The van der Waals surface area contributed by atoms with E-state index in [1.54, 1.807) is 0 Å². The molecule has 3 nitrogen and oxygen atoms in total. The molecule has 1 aliphatic rings. The van der Waals surface area contributed by atoms with Crippen molar-refractivity contribution in [3.63, 3.8) is 0 Å². The normalized spacial score (nSPS) is 18.2. The fourth-order valence-electron chi connectivity index (χ4n) is 1.80. The molecule has 0 aliphatic heterocycles. The van der Waals surface area contributed by atoms with Crippen molar-refractivity contribution < 1.29 is 0 Å². The average molecular weight is 205 g/mol. The molecule has 1 aromatic heterocycles. The second kappa shape index (κ2) is 3.56. The van der Waals surface area contributed by atoms with Crippen LogP contribution in [-0.2, 0) is 5.41 Å². The molecule has 0 radical (unpaired) electrons. The molecule has 1 aliphatic carbocycles. The number of nitrogens with two attached hydrogens (primary N) is 1.